The van der Waals surface area contributed by atoms with Crippen LogP contribution in [0.4, 0.5) is 0 Å². The summed E-state index contributed by atoms with van der Waals surface area (Å²) in [6.07, 6.45) is 3.64. The third kappa shape index (κ3) is 2.86. The smallest absolute Gasteiger partial charge is 0.122 e. The van der Waals surface area contributed by atoms with Crippen LogP contribution in [0.3, 0.4) is 0 Å². The molecule has 18 heavy (non-hydrogen) atoms. The molecule has 2 heteroatoms. The molecule has 1 aliphatic heterocycles. The molecule has 1 aromatic rings. The van der Waals surface area contributed by atoms with Gasteiger partial charge in [-0.1, -0.05) is 26.0 Å². The van der Waals surface area contributed by atoms with E-state index < -0.39 is 0 Å². The number of nitrogens with one attached hydrogen (secondary N) is 1. The highest BCUT2D eigenvalue weighted by atomic mass is 16.5. The van der Waals surface area contributed by atoms with Gasteiger partial charge in [0.15, 0.2) is 0 Å². The fourth-order valence-corrected chi connectivity index (χ4v) is 2.97. The van der Waals surface area contributed by atoms with E-state index in [1.54, 1.807) is 7.11 Å². The van der Waals surface area contributed by atoms with Crippen LogP contribution in [-0.2, 0) is 6.42 Å². The molecule has 2 nitrogen and oxygen atoms in total. The van der Waals surface area contributed by atoms with Gasteiger partial charge in [-0.25, -0.2) is 0 Å². The van der Waals surface area contributed by atoms with Crippen LogP contribution in [0.15, 0.2) is 18.2 Å². The van der Waals surface area contributed by atoms with E-state index in [1.807, 2.05) is 0 Å². The Morgan fingerprint density at radius 1 is 1.33 bits per heavy atom. The van der Waals surface area contributed by atoms with Gasteiger partial charge < -0.3 is 10.1 Å². The van der Waals surface area contributed by atoms with E-state index >= 15 is 0 Å². The number of ether oxygens (including phenoxy) is 1. The molecule has 1 heterocycles. The van der Waals surface area contributed by atoms with E-state index in [0.29, 0.717) is 5.92 Å². The van der Waals surface area contributed by atoms with Crippen LogP contribution in [0.1, 0.15) is 43.7 Å². The highest BCUT2D eigenvalue weighted by Gasteiger charge is 2.21. The Morgan fingerprint density at radius 2 is 2.06 bits per heavy atom. The van der Waals surface area contributed by atoms with Crippen molar-refractivity contribution in [3.8, 4) is 5.75 Å². The molecule has 0 aromatic heterocycles. The van der Waals surface area contributed by atoms with E-state index in [2.05, 4.69) is 37.4 Å². The summed E-state index contributed by atoms with van der Waals surface area (Å²) in [6.45, 7) is 6.91. The monoisotopic (exact) mass is 247 g/mol. The zero-order valence-corrected chi connectivity index (χ0v) is 11.8. The Kier molecular flexibility index (Phi) is 4.65. The molecule has 2 rings (SSSR count). The van der Waals surface area contributed by atoms with Crippen LogP contribution in [0.5, 0.6) is 5.75 Å². The average molecular weight is 247 g/mol. The summed E-state index contributed by atoms with van der Waals surface area (Å²) >= 11 is 0. The van der Waals surface area contributed by atoms with E-state index in [1.165, 1.54) is 37.1 Å². The zero-order valence-electron chi connectivity index (χ0n) is 11.8. The zero-order chi connectivity index (χ0) is 13.0. The van der Waals surface area contributed by atoms with Crippen molar-refractivity contribution in [1.29, 1.82) is 0 Å². The number of aryl methyl sites for hydroxylation is 1. The van der Waals surface area contributed by atoms with Crippen molar-refractivity contribution in [1.82, 2.24) is 5.32 Å². The van der Waals surface area contributed by atoms with Crippen LogP contribution in [0.2, 0.25) is 0 Å². The molecule has 1 unspecified atom stereocenters. The first-order chi connectivity index (χ1) is 8.76. The predicted octanol–water partition coefficient (Wildman–Crippen LogP) is 3.36. The van der Waals surface area contributed by atoms with Gasteiger partial charge in [0.2, 0.25) is 0 Å². The van der Waals surface area contributed by atoms with Crippen molar-refractivity contribution in [3.05, 3.63) is 29.3 Å². The molecule has 0 bridgehead atoms. The minimum absolute atomic E-state index is 0.656. The number of piperidine rings is 1. The number of methoxy groups -OCH3 is 1. The normalized spacial score (nSPS) is 18.6. The van der Waals surface area contributed by atoms with E-state index in [0.717, 1.165) is 18.1 Å². The Balaban J connectivity index is 2.16. The van der Waals surface area contributed by atoms with Crippen molar-refractivity contribution in [3.63, 3.8) is 0 Å². The molecule has 0 aliphatic carbocycles. The summed E-state index contributed by atoms with van der Waals surface area (Å²) in [6, 6.07) is 6.71. The van der Waals surface area contributed by atoms with E-state index in [4.69, 9.17) is 4.74 Å². The second-order valence-corrected chi connectivity index (χ2v) is 5.30. The largest absolute Gasteiger partial charge is 0.496 e. The number of rotatable bonds is 4. The van der Waals surface area contributed by atoms with Gasteiger partial charge in [0.25, 0.3) is 0 Å². The summed E-state index contributed by atoms with van der Waals surface area (Å²) < 4.78 is 5.41. The van der Waals surface area contributed by atoms with E-state index in [9.17, 15) is 0 Å². The van der Waals surface area contributed by atoms with Crippen molar-refractivity contribution in [2.75, 3.05) is 20.2 Å². The van der Waals surface area contributed by atoms with Crippen LogP contribution in [-0.4, -0.2) is 20.2 Å². The maximum atomic E-state index is 5.41. The SMILES string of the molecule is CCc1cc(C(C)C2CCNCC2)ccc1OC. The molecule has 1 saturated heterocycles. The van der Waals surface area contributed by atoms with Crippen LogP contribution in [0, 0.1) is 5.92 Å². The molecule has 0 radical (unpaired) electrons. The van der Waals surface area contributed by atoms with Gasteiger partial charge in [0, 0.05) is 0 Å². The molecule has 1 aliphatic rings. The van der Waals surface area contributed by atoms with Crippen molar-refractivity contribution < 1.29 is 4.74 Å². The van der Waals surface area contributed by atoms with Gasteiger partial charge in [0.05, 0.1) is 7.11 Å². The topological polar surface area (TPSA) is 21.3 Å². The second kappa shape index (κ2) is 6.24. The van der Waals surface area contributed by atoms with Gasteiger partial charge in [0.1, 0.15) is 5.75 Å². The molecular formula is C16H25NO. The first-order valence-corrected chi connectivity index (χ1v) is 7.13. The third-order valence-electron chi connectivity index (χ3n) is 4.30. The second-order valence-electron chi connectivity index (χ2n) is 5.30. The Bertz CT molecular complexity index is 383. The quantitative estimate of drug-likeness (QED) is 0.881. The minimum Gasteiger partial charge on any atom is -0.496 e. The average Bonchev–Trinajstić information content (AvgIpc) is 2.46. The molecule has 100 valence electrons. The minimum atomic E-state index is 0.656. The number of benzene rings is 1. The Morgan fingerprint density at radius 3 is 2.67 bits per heavy atom. The van der Waals surface area contributed by atoms with Gasteiger partial charge in [-0.3, -0.25) is 0 Å². The summed E-state index contributed by atoms with van der Waals surface area (Å²) in [5, 5.41) is 3.44. The molecule has 1 fully saturated rings. The van der Waals surface area contributed by atoms with Crippen molar-refractivity contribution in [2.24, 2.45) is 5.92 Å². The molecule has 0 saturated carbocycles. The van der Waals surface area contributed by atoms with Crippen LogP contribution in [0.25, 0.3) is 0 Å². The standard InChI is InChI=1S/C16H25NO/c1-4-13-11-15(5-6-16(13)18-3)12(2)14-7-9-17-10-8-14/h5-6,11-12,14,17H,4,7-10H2,1-3H3. The maximum Gasteiger partial charge on any atom is 0.122 e. The summed E-state index contributed by atoms with van der Waals surface area (Å²) in [5.41, 5.74) is 2.80. The molecule has 1 aromatic carbocycles. The van der Waals surface area contributed by atoms with E-state index in [-0.39, 0.29) is 0 Å². The first kappa shape index (κ1) is 13.4. The fourth-order valence-electron chi connectivity index (χ4n) is 2.97. The molecular weight excluding hydrogens is 222 g/mol. The summed E-state index contributed by atoms with van der Waals surface area (Å²) in [7, 11) is 1.75. The summed E-state index contributed by atoms with van der Waals surface area (Å²) in [4.78, 5) is 0. The van der Waals surface area contributed by atoms with Crippen molar-refractivity contribution in [2.45, 2.75) is 39.0 Å². The predicted molar refractivity (Wildman–Crippen MR) is 76.4 cm³/mol. The van der Waals surface area contributed by atoms with Gasteiger partial charge in [-0.2, -0.15) is 0 Å². The highest BCUT2D eigenvalue weighted by molar-refractivity contribution is 5.38. The van der Waals surface area contributed by atoms with Gasteiger partial charge >= 0.3 is 0 Å². The highest BCUT2D eigenvalue weighted by Crippen LogP contribution is 2.33. The summed E-state index contributed by atoms with van der Waals surface area (Å²) in [5.74, 6) is 2.51. The lowest BCUT2D eigenvalue weighted by Gasteiger charge is -2.29. The molecule has 1 atom stereocenters. The Labute approximate surface area is 111 Å². The third-order valence-corrected chi connectivity index (χ3v) is 4.30. The lowest BCUT2D eigenvalue weighted by Crippen LogP contribution is -2.30. The van der Waals surface area contributed by atoms with Gasteiger partial charge in [-0.15, -0.1) is 0 Å². The van der Waals surface area contributed by atoms with Crippen LogP contribution >= 0.6 is 0 Å². The fraction of sp³-hybridized carbons (Fsp3) is 0.625. The first-order valence-electron chi connectivity index (χ1n) is 7.13. The van der Waals surface area contributed by atoms with Gasteiger partial charge in [-0.05, 0) is 61.4 Å². The van der Waals surface area contributed by atoms with Crippen molar-refractivity contribution >= 4 is 0 Å². The Hall–Kier alpha value is -1.02. The van der Waals surface area contributed by atoms with Crippen LogP contribution < -0.4 is 10.1 Å². The molecule has 0 spiro atoms. The molecule has 0 amide bonds. The molecule has 1 N–H and O–H groups in total. The lowest BCUT2D eigenvalue weighted by molar-refractivity contribution is 0.330. The number of hydrogen-bond donors (Lipinski definition) is 1. The maximum absolute atomic E-state index is 5.41. The lowest BCUT2D eigenvalue weighted by atomic mass is 9.81. The number of hydrogen-bond acceptors (Lipinski definition) is 2.